The van der Waals surface area contributed by atoms with Crippen LogP contribution in [0.5, 0.6) is 0 Å². The van der Waals surface area contributed by atoms with Crippen LogP contribution in [0.2, 0.25) is 0 Å². The summed E-state index contributed by atoms with van der Waals surface area (Å²) in [5, 5.41) is 0. The van der Waals surface area contributed by atoms with Crippen molar-refractivity contribution >= 4 is 11.6 Å². The number of ether oxygens (including phenoxy) is 2. The summed E-state index contributed by atoms with van der Waals surface area (Å²) in [6.07, 6.45) is 3.15. The van der Waals surface area contributed by atoms with Crippen LogP contribution in [0.3, 0.4) is 0 Å². The molecule has 1 N–H and O–H groups in total. The molecule has 0 saturated carbocycles. The van der Waals surface area contributed by atoms with Gasteiger partial charge in [0.25, 0.3) is 5.56 Å². The van der Waals surface area contributed by atoms with E-state index >= 15 is 0 Å². The average Bonchev–Trinajstić information content (AvgIpc) is 3.00. The molecule has 0 aromatic carbocycles. The highest BCUT2D eigenvalue weighted by Crippen LogP contribution is 2.34. The third kappa shape index (κ3) is 3.00. The standard InChI is InChI=1S/C19H23N3O4/c1-14-19(12-25-13-19)26-9-8-22(14)16-10-15(11-20-18(16)24)4-2-6-21-7-3-5-17(21)23/h10-11,14H,3,5-9,12-13H2,1H3,(H,20,24). The van der Waals surface area contributed by atoms with Crippen molar-refractivity contribution in [2.45, 2.75) is 31.4 Å². The molecule has 0 aliphatic carbocycles. The summed E-state index contributed by atoms with van der Waals surface area (Å²) in [7, 11) is 0. The first-order valence-electron chi connectivity index (χ1n) is 9.07. The fraction of sp³-hybridized carbons (Fsp3) is 0.579. The van der Waals surface area contributed by atoms with E-state index in [9.17, 15) is 9.59 Å². The van der Waals surface area contributed by atoms with Gasteiger partial charge in [0.05, 0.1) is 32.4 Å². The van der Waals surface area contributed by atoms with Gasteiger partial charge in [-0.1, -0.05) is 11.8 Å². The molecule has 138 valence electrons. The van der Waals surface area contributed by atoms with Gasteiger partial charge in [-0.15, -0.1) is 0 Å². The zero-order valence-corrected chi connectivity index (χ0v) is 14.9. The summed E-state index contributed by atoms with van der Waals surface area (Å²) in [5.41, 5.74) is 0.900. The summed E-state index contributed by atoms with van der Waals surface area (Å²) in [4.78, 5) is 30.7. The van der Waals surface area contributed by atoms with Gasteiger partial charge in [-0.25, -0.2) is 0 Å². The van der Waals surface area contributed by atoms with Gasteiger partial charge < -0.3 is 24.3 Å². The first-order chi connectivity index (χ1) is 12.6. The van der Waals surface area contributed by atoms with Gasteiger partial charge in [0.1, 0.15) is 11.3 Å². The van der Waals surface area contributed by atoms with Crippen molar-refractivity contribution in [1.29, 1.82) is 0 Å². The van der Waals surface area contributed by atoms with Gasteiger partial charge in [0.15, 0.2) is 0 Å². The molecule has 26 heavy (non-hydrogen) atoms. The zero-order chi connectivity index (χ0) is 18.1. The Morgan fingerprint density at radius 2 is 2.19 bits per heavy atom. The van der Waals surface area contributed by atoms with Crippen molar-refractivity contribution in [3.8, 4) is 11.8 Å². The second-order valence-electron chi connectivity index (χ2n) is 7.10. The van der Waals surface area contributed by atoms with Gasteiger partial charge in [-0.3, -0.25) is 9.59 Å². The molecule has 1 unspecified atom stereocenters. The number of aromatic nitrogens is 1. The maximum absolute atomic E-state index is 12.4. The number of carbonyl (C=O) groups is 1. The lowest BCUT2D eigenvalue weighted by Crippen LogP contribution is -2.68. The predicted molar refractivity (Wildman–Crippen MR) is 96.1 cm³/mol. The number of rotatable bonds is 2. The Balaban J connectivity index is 1.53. The number of hydrogen-bond acceptors (Lipinski definition) is 5. The number of carbonyl (C=O) groups excluding carboxylic acids is 1. The monoisotopic (exact) mass is 357 g/mol. The van der Waals surface area contributed by atoms with Crippen LogP contribution in [0.25, 0.3) is 0 Å². The lowest BCUT2D eigenvalue weighted by Gasteiger charge is -2.53. The second-order valence-corrected chi connectivity index (χ2v) is 7.10. The Hall–Kier alpha value is -2.30. The molecule has 3 aliphatic rings. The van der Waals surface area contributed by atoms with Gasteiger partial charge in [0, 0.05) is 31.3 Å². The minimum atomic E-state index is -0.317. The topological polar surface area (TPSA) is 74.9 Å². The van der Waals surface area contributed by atoms with Gasteiger partial charge in [0.2, 0.25) is 5.91 Å². The van der Waals surface area contributed by atoms with Crippen LogP contribution in [0, 0.1) is 11.8 Å². The maximum Gasteiger partial charge on any atom is 0.271 e. The number of nitrogens with zero attached hydrogens (tertiary/aromatic N) is 2. The van der Waals surface area contributed by atoms with E-state index in [0.717, 1.165) is 18.5 Å². The van der Waals surface area contributed by atoms with E-state index in [1.165, 1.54) is 0 Å². The molecule has 0 bridgehead atoms. The van der Waals surface area contributed by atoms with E-state index in [2.05, 4.69) is 28.6 Å². The van der Waals surface area contributed by atoms with E-state index in [-0.39, 0.29) is 23.1 Å². The first kappa shape index (κ1) is 17.1. The second kappa shape index (κ2) is 6.78. The van der Waals surface area contributed by atoms with Crippen molar-refractivity contribution in [3.63, 3.8) is 0 Å². The minimum Gasteiger partial charge on any atom is -0.375 e. The van der Waals surface area contributed by atoms with Crippen molar-refractivity contribution in [2.24, 2.45) is 0 Å². The highest BCUT2D eigenvalue weighted by atomic mass is 16.6. The summed E-state index contributed by atoms with van der Waals surface area (Å²) in [6.45, 7) is 5.63. The molecule has 1 atom stereocenters. The van der Waals surface area contributed by atoms with Crippen LogP contribution in [-0.4, -0.2) is 66.9 Å². The zero-order valence-electron chi connectivity index (χ0n) is 14.9. The van der Waals surface area contributed by atoms with E-state index < -0.39 is 0 Å². The summed E-state index contributed by atoms with van der Waals surface area (Å²) >= 11 is 0. The van der Waals surface area contributed by atoms with Gasteiger partial charge in [-0.05, 0) is 19.4 Å². The number of morpholine rings is 1. The normalized spacial score (nSPS) is 24.3. The van der Waals surface area contributed by atoms with Crippen molar-refractivity contribution in [2.75, 3.05) is 44.4 Å². The molecular weight excluding hydrogens is 334 g/mol. The predicted octanol–water partition coefficient (Wildman–Crippen LogP) is 0.343. The highest BCUT2D eigenvalue weighted by molar-refractivity contribution is 5.78. The molecule has 7 nitrogen and oxygen atoms in total. The fourth-order valence-electron chi connectivity index (χ4n) is 3.77. The lowest BCUT2D eigenvalue weighted by atomic mass is 9.90. The van der Waals surface area contributed by atoms with Crippen LogP contribution in [-0.2, 0) is 14.3 Å². The van der Waals surface area contributed by atoms with Gasteiger partial charge >= 0.3 is 0 Å². The fourth-order valence-corrected chi connectivity index (χ4v) is 3.77. The number of amides is 1. The number of hydrogen-bond donors (Lipinski definition) is 1. The molecule has 0 radical (unpaired) electrons. The molecule has 1 spiro atoms. The van der Waals surface area contributed by atoms with Gasteiger partial charge in [-0.2, -0.15) is 0 Å². The van der Waals surface area contributed by atoms with Crippen LogP contribution < -0.4 is 10.5 Å². The molecule has 3 aliphatic heterocycles. The summed E-state index contributed by atoms with van der Waals surface area (Å²) in [5.74, 6) is 6.27. The van der Waals surface area contributed by atoms with E-state index in [1.54, 1.807) is 11.1 Å². The summed E-state index contributed by atoms with van der Waals surface area (Å²) < 4.78 is 11.3. The minimum absolute atomic E-state index is 0.0523. The Bertz CT molecular complexity index is 818. The largest absolute Gasteiger partial charge is 0.375 e. The van der Waals surface area contributed by atoms with Crippen molar-refractivity contribution in [3.05, 3.63) is 28.2 Å². The Kier molecular flexibility index (Phi) is 4.47. The van der Waals surface area contributed by atoms with Crippen molar-refractivity contribution < 1.29 is 14.3 Å². The Morgan fingerprint density at radius 1 is 1.35 bits per heavy atom. The molecule has 3 fully saturated rings. The summed E-state index contributed by atoms with van der Waals surface area (Å²) in [6, 6.07) is 1.88. The molecule has 4 rings (SSSR count). The smallest absolute Gasteiger partial charge is 0.271 e. The number of nitrogens with one attached hydrogen (secondary N) is 1. The average molecular weight is 357 g/mol. The molecule has 1 aromatic heterocycles. The number of H-pyrrole nitrogens is 1. The molecular formula is C19H23N3O4. The number of aromatic amines is 1. The third-order valence-electron chi connectivity index (χ3n) is 5.51. The molecule has 7 heteroatoms. The molecule has 4 heterocycles. The van der Waals surface area contributed by atoms with Crippen LogP contribution >= 0.6 is 0 Å². The number of likely N-dealkylation sites (tertiary alicyclic amines) is 1. The number of anilines is 1. The Labute approximate surface area is 152 Å². The van der Waals surface area contributed by atoms with Crippen LogP contribution in [0.15, 0.2) is 17.1 Å². The van der Waals surface area contributed by atoms with Crippen molar-refractivity contribution in [1.82, 2.24) is 9.88 Å². The quantitative estimate of drug-likeness (QED) is 0.773. The first-order valence-corrected chi connectivity index (χ1v) is 9.07. The van der Waals surface area contributed by atoms with E-state index in [4.69, 9.17) is 9.47 Å². The Morgan fingerprint density at radius 3 is 2.88 bits per heavy atom. The lowest BCUT2D eigenvalue weighted by molar-refractivity contribution is -0.228. The third-order valence-corrected chi connectivity index (χ3v) is 5.51. The SMILES string of the molecule is CC1N(c2cc(C#CCN3CCCC3=O)c[nH]c2=O)CCOC12COC2. The highest BCUT2D eigenvalue weighted by Gasteiger charge is 2.50. The molecule has 3 saturated heterocycles. The molecule has 1 aromatic rings. The molecule has 1 amide bonds. The van der Waals surface area contributed by atoms with Crippen LogP contribution in [0.1, 0.15) is 25.3 Å². The maximum atomic E-state index is 12.4. The van der Waals surface area contributed by atoms with E-state index in [0.29, 0.717) is 45.0 Å². The number of pyridine rings is 1. The van der Waals surface area contributed by atoms with Crippen LogP contribution in [0.4, 0.5) is 5.69 Å². The van der Waals surface area contributed by atoms with E-state index in [1.807, 2.05) is 6.07 Å².